The van der Waals surface area contributed by atoms with Gasteiger partial charge in [0.05, 0.1) is 17.6 Å². The number of hydrogen-bond acceptors (Lipinski definition) is 3. The van der Waals surface area contributed by atoms with Crippen molar-refractivity contribution in [3.8, 4) is 0 Å². The number of nitrogens with zero attached hydrogens (tertiary/aromatic N) is 1. The maximum Gasteiger partial charge on any atom is 0.394 e. The number of amides is 1. The first-order valence-corrected chi connectivity index (χ1v) is 8.00. The zero-order valence-corrected chi connectivity index (χ0v) is 13.3. The number of carbonyl (C=O) groups is 2. The van der Waals surface area contributed by atoms with Crippen LogP contribution in [0.15, 0.2) is 29.2 Å². The van der Waals surface area contributed by atoms with E-state index in [1.165, 1.54) is 0 Å². The van der Waals surface area contributed by atoms with Crippen LogP contribution in [0.5, 0.6) is 0 Å². The van der Waals surface area contributed by atoms with E-state index in [4.69, 9.17) is 16.7 Å². The predicted molar refractivity (Wildman–Crippen MR) is 79.4 cm³/mol. The third-order valence-corrected chi connectivity index (χ3v) is 4.83. The number of rotatable bonds is 4. The summed E-state index contributed by atoms with van der Waals surface area (Å²) in [5.41, 5.74) is 0. The molecule has 1 aromatic carbocycles. The number of halogens is 4. The molecule has 1 aliphatic rings. The maximum atomic E-state index is 12.9. The van der Waals surface area contributed by atoms with Crippen LogP contribution < -0.4 is 0 Å². The van der Waals surface area contributed by atoms with Crippen molar-refractivity contribution in [1.29, 1.82) is 0 Å². The predicted octanol–water partition coefficient (Wildman–Crippen LogP) is 3.15. The zero-order chi connectivity index (χ0) is 17.2. The second kappa shape index (κ2) is 7.00. The summed E-state index contributed by atoms with van der Waals surface area (Å²) in [6, 6.07) is 6.68. The first-order valence-electron chi connectivity index (χ1n) is 6.64. The average molecular weight is 368 g/mol. The molecule has 23 heavy (non-hydrogen) atoms. The van der Waals surface area contributed by atoms with E-state index < -0.39 is 43.0 Å². The Hall–Kier alpha value is -1.41. The number of carboxylic acids is 1. The first kappa shape index (κ1) is 17.9. The summed E-state index contributed by atoms with van der Waals surface area (Å²) in [7, 11) is 0. The molecule has 2 atom stereocenters. The van der Waals surface area contributed by atoms with Crippen molar-refractivity contribution in [2.75, 3.05) is 18.8 Å². The standard InChI is InChI=1S/C14H13ClF3NO3S/c15-8-1-3-9(4-2-8)23-7-12(20)19-5-10(13(21)22)11(6-19)14(16,17)18/h1-4,10-11H,5-7H2,(H,21,22)/t10-,11-/m1/s1. The third-order valence-electron chi connectivity index (χ3n) is 3.59. The molecule has 0 unspecified atom stereocenters. The SMILES string of the molecule is O=C(O)[C@@H]1CN(C(=O)CSc2ccc(Cl)cc2)C[C@H]1C(F)(F)F. The molecule has 1 aromatic rings. The summed E-state index contributed by atoms with van der Waals surface area (Å²) in [4.78, 5) is 24.8. The van der Waals surface area contributed by atoms with E-state index in [1.54, 1.807) is 24.3 Å². The molecule has 4 nitrogen and oxygen atoms in total. The van der Waals surface area contributed by atoms with E-state index in [0.29, 0.717) is 5.02 Å². The number of aliphatic carboxylic acids is 1. The molecule has 1 aliphatic heterocycles. The second-order valence-electron chi connectivity index (χ2n) is 5.13. The van der Waals surface area contributed by atoms with Crippen molar-refractivity contribution in [1.82, 2.24) is 4.90 Å². The van der Waals surface area contributed by atoms with Gasteiger partial charge in [-0.1, -0.05) is 11.6 Å². The highest BCUT2D eigenvalue weighted by Crippen LogP contribution is 2.38. The molecule has 0 bridgehead atoms. The van der Waals surface area contributed by atoms with Crippen LogP contribution in [0.4, 0.5) is 13.2 Å². The molecule has 0 saturated carbocycles. The minimum Gasteiger partial charge on any atom is -0.481 e. The van der Waals surface area contributed by atoms with Gasteiger partial charge in [-0.2, -0.15) is 13.2 Å². The quantitative estimate of drug-likeness (QED) is 0.831. The van der Waals surface area contributed by atoms with Crippen LogP contribution in [0.3, 0.4) is 0 Å². The fraction of sp³-hybridized carbons (Fsp3) is 0.429. The molecular formula is C14H13ClF3NO3S. The Balaban J connectivity index is 1.97. The van der Waals surface area contributed by atoms with Crippen molar-refractivity contribution < 1.29 is 27.9 Å². The average Bonchev–Trinajstić information content (AvgIpc) is 2.92. The summed E-state index contributed by atoms with van der Waals surface area (Å²) >= 11 is 6.90. The lowest BCUT2D eigenvalue weighted by molar-refractivity contribution is -0.188. The number of likely N-dealkylation sites (tertiary alicyclic amines) is 1. The number of hydrogen-bond donors (Lipinski definition) is 1. The van der Waals surface area contributed by atoms with Gasteiger partial charge in [-0.25, -0.2) is 0 Å². The van der Waals surface area contributed by atoms with Crippen LogP contribution >= 0.6 is 23.4 Å². The number of thioether (sulfide) groups is 1. The monoisotopic (exact) mass is 367 g/mol. The molecule has 9 heteroatoms. The van der Waals surface area contributed by atoms with Gasteiger partial charge in [0.1, 0.15) is 0 Å². The molecule has 1 N–H and O–H groups in total. The van der Waals surface area contributed by atoms with E-state index in [9.17, 15) is 22.8 Å². The van der Waals surface area contributed by atoms with Crippen LogP contribution in [-0.2, 0) is 9.59 Å². The number of benzene rings is 1. The summed E-state index contributed by atoms with van der Waals surface area (Å²) in [6.45, 7) is -1.03. The molecule has 0 radical (unpaired) electrons. The smallest absolute Gasteiger partial charge is 0.394 e. The van der Waals surface area contributed by atoms with Crippen LogP contribution in [0, 0.1) is 11.8 Å². The molecule has 1 fully saturated rings. The van der Waals surface area contributed by atoms with Gasteiger partial charge in [0, 0.05) is 23.0 Å². The highest BCUT2D eigenvalue weighted by Gasteiger charge is 2.53. The van der Waals surface area contributed by atoms with Crippen molar-refractivity contribution in [2.24, 2.45) is 11.8 Å². The zero-order valence-electron chi connectivity index (χ0n) is 11.7. The fourth-order valence-corrected chi connectivity index (χ4v) is 3.28. The van der Waals surface area contributed by atoms with Gasteiger partial charge in [0.25, 0.3) is 0 Å². The number of carbonyl (C=O) groups excluding carboxylic acids is 1. The van der Waals surface area contributed by atoms with Gasteiger partial charge in [-0.3, -0.25) is 9.59 Å². The van der Waals surface area contributed by atoms with Crippen LogP contribution in [0.2, 0.25) is 5.02 Å². The van der Waals surface area contributed by atoms with Gasteiger partial charge in [0.15, 0.2) is 0 Å². The molecule has 126 valence electrons. The van der Waals surface area contributed by atoms with Gasteiger partial charge < -0.3 is 10.0 Å². The third kappa shape index (κ3) is 4.54. The van der Waals surface area contributed by atoms with Gasteiger partial charge in [-0.05, 0) is 24.3 Å². The normalized spacial score (nSPS) is 21.5. The molecule has 0 aromatic heterocycles. The Morgan fingerprint density at radius 3 is 2.35 bits per heavy atom. The lowest BCUT2D eigenvalue weighted by atomic mass is 9.96. The maximum absolute atomic E-state index is 12.9. The van der Waals surface area contributed by atoms with E-state index in [1.807, 2.05) is 0 Å². The van der Waals surface area contributed by atoms with Crippen LogP contribution in [0.1, 0.15) is 0 Å². The minimum absolute atomic E-state index is 0.0570. The second-order valence-corrected chi connectivity index (χ2v) is 6.62. The molecule has 0 aliphatic carbocycles. The van der Waals surface area contributed by atoms with Crippen molar-refractivity contribution in [3.63, 3.8) is 0 Å². The summed E-state index contributed by atoms with van der Waals surface area (Å²) in [5, 5.41) is 9.46. The molecule has 1 saturated heterocycles. The molecule has 2 rings (SSSR count). The summed E-state index contributed by atoms with van der Waals surface area (Å²) < 4.78 is 38.6. The van der Waals surface area contributed by atoms with Gasteiger partial charge >= 0.3 is 12.1 Å². The molecular weight excluding hydrogens is 355 g/mol. The topological polar surface area (TPSA) is 57.6 Å². The highest BCUT2D eigenvalue weighted by molar-refractivity contribution is 8.00. The lowest BCUT2D eigenvalue weighted by Crippen LogP contribution is -2.34. The Bertz CT molecular complexity index is 594. The van der Waals surface area contributed by atoms with Crippen molar-refractivity contribution in [2.45, 2.75) is 11.1 Å². The summed E-state index contributed by atoms with van der Waals surface area (Å²) in [5.74, 6) is -5.74. The molecule has 1 heterocycles. The fourth-order valence-electron chi connectivity index (χ4n) is 2.36. The van der Waals surface area contributed by atoms with Gasteiger partial charge in [-0.15, -0.1) is 11.8 Å². The van der Waals surface area contributed by atoms with Crippen LogP contribution in [-0.4, -0.2) is 46.9 Å². The largest absolute Gasteiger partial charge is 0.481 e. The molecule has 1 amide bonds. The number of alkyl halides is 3. The Morgan fingerprint density at radius 2 is 1.87 bits per heavy atom. The van der Waals surface area contributed by atoms with Crippen molar-refractivity contribution in [3.05, 3.63) is 29.3 Å². The van der Waals surface area contributed by atoms with Crippen LogP contribution in [0.25, 0.3) is 0 Å². The minimum atomic E-state index is -4.64. The van der Waals surface area contributed by atoms with E-state index in [0.717, 1.165) is 21.6 Å². The first-order chi connectivity index (χ1) is 10.7. The number of carboxylic acid groups (broad SMARTS) is 1. The van der Waals surface area contributed by atoms with E-state index >= 15 is 0 Å². The Kier molecular flexibility index (Phi) is 5.46. The van der Waals surface area contributed by atoms with E-state index in [2.05, 4.69) is 0 Å². The highest BCUT2D eigenvalue weighted by atomic mass is 35.5. The summed E-state index contributed by atoms with van der Waals surface area (Å²) in [6.07, 6.45) is -4.64. The van der Waals surface area contributed by atoms with Gasteiger partial charge in [0.2, 0.25) is 5.91 Å². The Labute approximate surface area is 139 Å². The lowest BCUT2D eigenvalue weighted by Gasteiger charge is -2.18. The molecule has 0 spiro atoms. The van der Waals surface area contributed by atoms with E-state index in [-0.39, 0.29) is 5.75 Å². The Morgan fingerprint density at radius 1 is 1.26 bits per heavy atom. The van der Waals surface area contributed by atoms with Crippen molar-refractivity contribution >= 4 is 35.2 Å².